The summed E-state index contributed by atoms with van der Waals surface area (Å²) in [6.07, 6.45) is -2.25. The van der Waals surface area contributed by atoms with Crippen LogP contribution in [-0.2, 0) is 17.4 Å². The highest BCUT2D eigenvalue weighted by Crippen LogP contribution is 2.43. The quantitative estimate of drug-likeness (QED) is 0.211. The van der Waals surface area contributed by atoms with Gasteiger partial charge in [-0.3, -0.25) is 14.6 Å². The lowest BCUT2D eigenvalue weighted by Crippen LogP contribution is -2.44. The average Bonchev–Trinajstić information content (AvgIpc) is 3.53. The Kier molecular flexibility index (Phi) is 7.44. The van der Waals surface area contributed by atoms with Crippen LogP contribution in [0.1, 0.15) is 45.4 Å². The summed E-state index contributed by atoms with van der Waals surface area (Å²) in [5.74, 6) is -0.767. The lowest BCUT2D eigenvalue weighted by Gasteiger charge is -2.34. The molecule has 0 spiro atoms. The van der Waals surface area contributed by atoms with Crippen molar-refractivity contribution >= 4 is 50.6 Å². The van der Waals surface area contributed by atoms with E-state index in [1.807, 2.05) is 24.3 Å². The summed E-state index contributed by atoms with van der Waals surface area (Å²) >= 11 is 0.756. The van der Waals surface area contributed by atoms with Crippen molar-refractivity contribution in [1.29, 1.82) is 0 Å². The summed E-state index contributed by atoms with van der Waals surface area (Å²) in [6, 6.07) is 10.4. The van der Waals surface area contributed by atoms with Crippen molar-refractivity contribution in [2.75, 3.05) is 35.6 Å². The van der Waals surface area contributed by atoms with Gasteiger partial charge in [-0.25, -0.2) is 4.98 Å². The summed E-state index contributed by atoms with van der Waals surface area (Å²) in [7, 11) is 0. The Bertz CT molecular complexity index is 1720. The first-order valence-corrected chi connectivity index (χ1v) is 14.4. The van der Waals surface area contributed by atoms with Crippen molar-refractivity contribution < 1.29 is 27.9 Å². The van der Waals surface area contributed by atoms with Crippen LogP contribution in [0.2, 0.25) is 0 Å². The maximum absolute atomic E-state index is 13.9. The Labute approximate surface area is 247 Å². The number of halogens is 3. The number of alkyl halides is 3. The second kappa shape index (κ2) is 11.1. The van der Waals surface area contributed by atoms with Crippen molar-refractivity contribution in [3.05, 3.63) is 64.3 Å². The number of pyridine rings is 2. The van der Waals surface area contributed by atoms with E-state index in [0.717, 1.165) is 39.8 Å². The molecular weight excluding hydrogens is 583 g/mol. The monoisotopic (exact) mass is 611 g/mol. The number of aliphatic hydroxyl groups is 1. The van der Waals surface area contributed by atoms with Gasteiger partial charge in [-0.05, 0) is 42.2 Å². The molecule has 3 aromatic heterocycles. The Morgan fingerprint density at radius 1 is 1.19 bits per heavy atom. The van der Waals surface area contributed by atoms with Crippen molar-refractivity contribution in [3.63, 3.8) is 0 Å². The zero-order valence-corrected chi connectivity index (χ0v) is 23.6. The lowest BCUT2D eigenvalue weighted by molar-refractivity contribution is -0.136. The van der Waals surface area contributed by atoms with Gasteiger partial charge in [-0.2, -0.15) is 13.2 Å². The van der Waals surface area contributed by atoms with Crippen LogP contribution in [0.5, 0.6) is 0 Å². The topological polar surface area (TPSA) is 159 Å². The molecule has 0 aliphatic carbocycles. The molecule has 1 fully saturated rings. The first-order chi connectivity index (χ1) is 20.5. The number of nitrogens with two attached hydrogens (primary N) is 2. The number of nitrogen functional groups attached to an aromatic ring is 1. The van der Waals surface area contributed by atoms with E-state index < -0.39 is 23.8 Å². The van der Waals surface area contributed by atoms with Gasteiger partial charge in [0.25, 0.3) is 5.91 Å². The van der Waals surface area contributed by atoms with E-state index >= 15 is 0 Å². The number of carbonyl (C=O) groups is 2. The Morgan fingerprint density at radius 2 is 1.93 bits per heavy atom. The minimum absolute atomic E-state index is 0.0148. The maximum Gasteiger partial charge on any atom is 0.417 e. The van der Waals surface area contributed by atoms with Gasteiger partial charge in [0, 0.05) is 48.5 Å². The number of nitrogens with zero attached hydrogens (tertiary/aromatic N) is 3. The molecule has 2 aliphatic heterocycles. The number of nitrogens with one attached hydrogen (secondary N) is 2. The molecule has 5 heterocycles. The number of rotatable bonds is 7. The smallest absolute Gasteiger partial charge is 0.397 e. The van der Waals surface area contributed by atoms with Crippen LogP contribution in [0.4, 0.5) is 30.4 Å². The Hall–Kier alpha value is -4.27. The highest BCUT2D eigenvalue weighted by Gasteiger charge is 2.37. The molecular formula is C29H28F3N7O3S. The van der Waals surface area contributed by atoms with Gasteiger partial charge in [-0.1, -0.05) is 18.2 Å². The molecule has 6 rings (SSSR count). The molecule has 1 atom stereocenters. The van der Waals surface area contributed by atoms with E-state index in [-0.39, 0.29) is 45.1 Å². The fourth-order valence-electron chi connectivity index (χ4n) is 5.54. The van der Waals surface area contributed by atoms with E-state index in [9.17, 15) is 27.9 Å². The second-order valence-electron chi connectivity index (χ2n) is 10.7. The van der Waals surface area contributed by atoms with Gasteiger partial charge in [0.2, 0.25) is 5.91 Å². The van der Waals surface area contributed by atoms with Crippen LogP contribution in [-0.4, -0.2) is 52.6 Å². The van der Waals surface area contributed by atoms with E-state index in [2.05, 4.69) is 20.6 Å². The fraction of sp³-hybridized carbons (Fsp3) is 0.310. The summed E-state index contributed by atoms with van der Waals surface area (Å²) in [5, 5.41) is 16.6. The third-order valence-electron chi connectivity index (χ3n) is 7.83. The molecule has 43 heavy (non-hydrogen) atoms. The molecule has 1 unspecified atom stereocenters. The van der Waals surface area contributed by atoms with Crippen LogP contribution in [0.3, 0.4) is 0 Å². The number of fused-ring (bicyclic) bond motifs is 2. The highest BCUT2D eigenvalue weighted by molar-refractivity contribution is 7.21. The van der Waals surface area contributed by atoms with E-state index in [4.69, 9.17) is 11.5 Å². The van der Waals surface area contributed by atoms with Gasteiger partial charge in [0.05, 0.1) is 23.4 Å². The maximum atomic E-state index is 13.9. The summed E-state index contributed by atoms with van der Waals surface area (Å²) in [5.41, 5.74) is 13.9. The molecule has 10 nitrogen and oxygen atoms in total. The third kappa shape index (κ3) is 5.72. The van der Waals surface area contributed by atoms with Crippen LogP contribution in [0.15, 0.2) is 42.6 Å². The Balaban J connectivity index is 1.07. The number of aromatic nitrogens is 2. The number of piperidine rings is 1. The minimum Gasteiger partial charge on any atom is -0.397 e. The van der Waals surface area contributed by atoms with E-state index in [0.29, 0.717) is 38.0 Å². The van der Waals surface area contributed by atoms with Gasteiger partial charge in [0.15, 0.2) is 0 Å². The number of thiophene rings is 1. The summed E-state index contributed by atoms with van der Waals surface area (Å²) in [6.45, 7) is 1.15. The zero-order chi connectivity index (χ0) is 30.5. The van der Waals surface area contributed by atoms with Gasteiger partial charge >= 0.3 is 6.18 Å². The van der Waals surface area contributed by atoms with Crippen molar-refractivity contribution in [2.24, 2.45) is 5.73 Å². The number of amides is 2. The molecule has 7 N–H and O–H groups in total. The standard InChI is InChI=1S/C29H28F3N7O3S/c30-29(31,32)18-11-22(38-28-24(18)25(33)26(43-28)27(34)42)39-7-5-17(6-8-39)35-13-21(40)19-4-3-16(12-36-19)14-1-2-15-10-23(41)37-20(15)9-14/h1-4,9,11-12,17,21,35,40H,5-8,10,13,33H2,(H2,34,42)(H,37,41). The predicted octanol–water partition coefficient (Wildman–Crippen LogP) is 3.84. The molecule has 2 aliphatic rings. The largest absolute Gasteiger partial charge is 0.417 e. The number of primary amides is 1. The van der Waals surface area contributed by atoms with Gasteiger partial charge in [-0.15, -0.1) is 11.3 Å². The SMILES string of the molecule is NC(=O)c1sc2nc(N3CCC(NCC(O)c4ccc(-c5ccc6c(c5)NC(=O)C6)cn4)CC3)cc(C(F)(F)F)c2c1N. The second-order valence-corrected chi connectivity index (χ2v) is 11.7. The minimum atomic E-state index is -4.69. The van der Waals surface area contributed by atoms with Crippen LogP contribution >= 0.6 is 11.3 Å². The molecule has 0 bridgehead atoms. The number of benzene rings is 1. The lowest BCUT2D eigenvalue weighted by atomic mass is 10.0. The molecule has 0 saturated carbocycles. The van der Waals surface area contributed by atoms with E-state index in [1.165, 1.54) is 0 Å². The number of anilines is 3. The van der Waals surface area contributed by atoms with Crippen molar-refractivity contribution in [2.45, 2.75) is 37.6 Å². The normalized spacial score (nSPS) is 16.4. The molecule has 224 valence electrons. The summed E-state index contributed by atoms with van der Waals surface area (Å²) < 4.78 is 41.8. The highest BCUT2D eigenvalue weighted by atomic mass is 32.1. The molecule has 1 aromatic carbocycles. The molecule has 1 saturated heterocycles. The van der Waals surface area contributed by atoms with Crippen molar-refractivity contribution in [3.8, 4) is 11.1 Å². The van der Waals surface area contributed by atoms with Crippen LogP contribution in [0.25, 0.3) is 21.3 Å². The number of hydrogen-bond donors (Lipinski definition) is 5. The number of aliphatic hydroxyl groups excluding tert-OH is 1. The molecule has 0 radical (unpaired) electrons. The Morgan fingerprint density at radius 3 is 2.60 bits per heavy atom. The first kappa shape index (κ1) is 28.8. The number of carbonyl (C=O) groups excluding carboxylic acids is 2. The van der Waals surface area contributed by atoms with Gasteiger partial charge in [0.1, 0.15) is 21.6 Å². The molecule has 2 amide bonds. The van der Waals surface area contributed by atoms with E-state index in [1.54, 1.807) is 17.2 Å². The molecule has 4 aromatic rings. The molecule has 14 heteroatoms. The van der Waals surface area contributed by atoms with Gasteiger partial charge < -0.3 is 32.1 Å². The average molecular weight is 612 g/mol. The predicted molar refractivity (Wildman–Crippen MR) is 158 cm³/mol. The van der Waals surface area contributed by atoms with Crippen LogP contribution in [0, 0.1) is 0 Å². The zero-order valence-electron chi connectivity index (χ0n) is 22.7. The fourth-order valence-corrected chi connectivity index (χ4v) is 6.51. The summed E-state index contributed by atoms with van der Waals surface area (Å²) in [4.78, 5) is 33.8. The third-order valence-corrected chi connectivity index (χ3v) is 8.94. The van der Waals surface area contributed by atoms with Crippen molar-refractivity contribution in [1.82, 2.24) is 15.3 Å². The number of hydrogen-bond acceptors (Lipinski definition) is 9. The van der Waals surface area contributed by atoms with Crippen LogP contribution < -0.4 is 27.0 Å². The first-order valence-electron chi connectivity index (χ1n) is 13.6.